The molecule has 1 fully saturated rings. The van der Waals surface area contributed by atoms with Gasteiger partial charge in [0.05, 0.1) is 11.4 Å². The molecule has 0 bridgehead atoms. The fourth-order valence-electron chi connectivity index (χ4n) is 3.25. The second-order valence-corrected chi connectivity index (χ2v) is 7.38. The van der Waals surface area contributed by atoms with Crippen LogP contribution in [0.25, 0.3) is 0 Å². The zero-order valence-corrected chi connectivity index (χ0v) is 14.9. The maximum atomic E-state index is 12.1. The van der Waals surface area contributed by atoms with E-state index in [0.29, 0.717) is 18.8 Å². The van der Waals surface area contributed by atoms with Gasteiger partial charge in [0, 0.05) is 23.9 Å². The molecular formula is C18H23N3O3S. The van der Waals surface area contributed by atoms with Gasteiger partial charge >= 0.3 is 0 Å². The summed E-state index contributed by atoms with van der Waals surface area (Å²) in [6.07, 6.45) is 4.18. The molecule has 1 saturated carbocycles. The predicted octanol–water partition coefficient (Wildman–Crippen LogP) is 1.55. The summed E-state index contributed by atoms with van der Waals surface area (Å²) < 4.78 is 0. The summed E-state index contributed by atoms with van der Waals surface area (Å²) in [4.78, 5) is 38.7. The molecule has 2 aliphatic rings. The van der Waals surface area contributed by atoms with Crippen molar-refractivity contribution in [1.82, 2.24) is 10.6 Å². The van der Waals surface area contributed by atoms with Gasteiger partial charge in [-0.05, 0) is 25.0 Å². The standard InChI is InChI=1S/C18H23N3O3S/c22-16(19-9-10-20-18(24)13-5-1-2-6-13)11-21-14-7-3-4-8-15(14)25-12-17(21)23/h3-4,7-8,13H,1-2,5-6,9-12H2,(H,19,22)(H,20,24). The van der Waals surface area contributed by atoms with Crippen LogP contribution in [0.2, 0.25) is 0 Å². The van der Waals surface area contributed by atoms with E-state index in [4.69, 9.17) is 0 Å². The van der Waals surface area contributed by atoms with Crippen molar-refractivity contribution in [3.63, 3.8) is 0 Å². The van der Waals surface area contributed by atoms with Crippen LogP contribution in [0, 0.1) is 5.92 Å². The molecule has 1 aromatic carbocycles. The summed E-state index contributed by atoms with van der Waals surface area (Å²) in [5, 5.41) is 5.64. The first-order valence-electron chi connectivity index (χ1n) is 8.72. The molecule has 0 unspecified atom stereocenters. The molecule has 3 rings (SSSR count). The van der Waals surface area contributed by atoms with E-state index in [2.05, 4.69) is 10.6 Å². The first-order valence-corrected chi connectivity index (χ1v) is 9.70. The van der Waals surface area contributed by atoms with Crippen molar-refractivity contribution in [1.29, 1.82) is 0 Å². The molecule has 0 spiro atoms. The highest BCUT2D eigenvalue weighted by Crippen LogP contribution is 2.34. The smallest absolute Gasteiger partial charge is 0.240 e. The maximum Gasteiger partial charge on any atom is 0.240 e. The minimum absolute atomic E-state index is 0.00692. The lowest BCUT2D eigenvalue weighted by molar-refractivity contribution is -0.125. The van der Waals surface area contributed by atoms with Crippen molar-refractivity contribution in [2.24, 2.45) is 5.92 Å². The summed E-state index contributed by atoms with van der Waals surface area (Å²) >= 11 is 1.49. The average molecular weight is 361 g/mol. The summed E-state index contributed by atoms with van der Waals surface area (Å²) in [5.41, 5.74) is 0.786. The van der Waals surface area contributed by atoms with Crippen LogP contribution >= 0.6 is 11.8 Å². The lowest BCUT2D eigenvalue weighted by atomic mass is 10.1. The SMILES string of the molecule is O=C(CN1C(=O)CSc2ccccc21)NCCNC(=O)C1CCCC1. The van der Waals surface area contributed by atoms with E-state index in [1.165, 1.54) is 16.7 Å². The molecule has 0 saturated heterocycles. The Kier molecular flexibility index (Phi) is 5.96. The molecule has 0 aromatic heterocycles. The van der Waals surface area contributed by atoms with E-state index in [9.17, 15) is 14.4 Å². The number of carbonyl (C=O) groups excluding carboxylic acids is 3. The van der Waals surface area contributed by atoms with Gasteiger partial charge in [-0.2, -0.15) is 0 Å². The van der Waals surface area contributed by atoms with Crippen molar-refractivity contribution in [2.75, 3.05) is 30.3 Å². The van der Waals surface area contributed by atoms with E-state index in [1.54, 1.807) is 0 Å². The first kappa shape index (κ1) is 17.8. The third kappa shape index (κ3) is 4.54. The summed E-state index contributed by atoms with van der Waals surface area (Å²) in [6.45, 7) is 0.796. The number of anilines is 1. The first-order chi connectivity index (χ1) is 12.1. The van der Waals surface area contributed by atoms with E-state index in [0.717, 1.165) is 36.3 Å². The zero-order valence-electron chi connectivity index (χ0n) is 14.1. The molecule has 0 atom stereocenters. The second kappa shape index (κ2) is 8.38. The van der Waals surface area contributed by atoms with Crippen LogP contribution in [0.3, 0.4) is 0 Å². The molecular weight excluding hydrogens is 338 g/mol. The normalized spacial score (nSPS) is 17.3. The Morgan fingerprint density at radius 3 is 2.64 bits per heavy atom. The number of fused-ring (bicyclic) bond motifs is 1. The van der Waals surface area contributed by atoms with Gasteiger partial charge in [0.25, 0.3) is 0 Å². The quantitative estimate of drug-likeness (QED) is 0.754. The monoisotopic (exact) mass is 361 g/mol. The Hall–Kier alpha value is -2.02. The Balaban J connectivity index is 1.43. The Labute approximate surface area is 151 Å². The van der Waals surface area contributed by atoms with E-state index >= 15 is 0 Å². The molecule has 6 nitrogen and oxygen atoms in total. The average Bonchev–Trinajstić information content (AvgIpc) is 3.16. The van der Waals surface area contributed by atoms with E-state index in [-0.39, 0.29) is 30.2 Å². The highest BCUT2D eigenvalue weighted by atomic mass is 32.2. The van der Waals surface area contributed by atoms with Crippen LogP contribution < -0.4 is 15.5 Å². The van der Waals surface area contributed by atoms with Crippen molar-refractivity contribution < 1.29 is 14.4 Å². The van der Waals surface area contributed by atoms with E-state index in [1.807, 2.05) is 24.3 Å². The van der Waals surface area contributed by atoms with Crippen LogP contribution in [0.15, 0.2) is 29.2 Å². The van der Waals surface area contributed by atoms with Gasteiger partial charge in [0.2, 0.25) is 17.7 Å². The second-order valence-electron chi connectivity index (χ2n) is 6.36. The van der Waals surface area contributed by atoms with Gasteiger partial charge in [-0.15, -0.1) is 11.8 Å². The van der Waals surface area contributed by atoms with Crippen molar-refractivity contribution >= 4 is 35.2 Å². The summed E-state index contributed by atoms with van der Waals surface area (Å²) in [7, 11) is 0. The predicted molar refractivity (Wildman–Crippen MR) is 97.5 cm³/mol. The number of amides is 3. The van der Waals surface area contributed by atoms with Crippen molar-refractivity contribution in [3.05, 3.63) is 24.3 Å². The van der Waals surface area contributed by atoms with Crippen molar-refractivity contribution in [3.8, 4) is 0 Å². The number of nitrogens with zero attached hydrogens (tertiary/aromatic N) is 1. The molecule has 3 amide bonds. The van der Waals surface area contributed by atoms with Gasteiger partial charge in [-0.3, -0.25) is 14.4 Å². The largest absolute Gasteiger partial charge is 0.354 e. The fraction of sp³-hybridized carbons (Fsp3) is 0.500. The number of nitrogens with one attached hydrogen (secondary N) is 2. The Bertz CT molecular complexity index is 659. The van der Waals surface area contributed by atoms with Gasteiger partial charge in [-0.1, -0.05) is 25.0 Å². The molecule has 1 aliphatic heterocycles. The van der Waals surface area contributed by atoms with Gasteiger partial charge in [-0.25, -0.2) is 0 Å². The lowest BCUT2D eigenvalue weighted by Crippen LogP contribution is -2.45. The summed E-state index contributed by atoms with van der Waals surface area (Å²) in [5.74, 6) is 0.292. The molecule has 1 heterocycles. The molecule has 2 N–H and O–H groups in total. The molecule has 7 heteroatoms. The molecule has 25 heavy (non-hydrogen) atoms. The molecule has 1 aromatic rings. The lowest BCUT2D eigenvalue weighted by Gasteiger charge is -2.28. The fourth-order valence-corrected chi connectivity index (χ4v) is 4.18. The third-order valence-electron chi connectivity index (χ3n) is 4.58. The number of hydrogen-bond acceptors (Lipinski definition) is 4. The van der Waals surface area contributed by atoms with Crippen LogP contribution in [0.1, 0.15) is 25.7 Å². The van der Waals surface area contributed by atoms with Crippen LogP contribution in [-0.4, -0.2) is 43.1 Å². The highest BCUT2D eigenvalue weighted by Gasteiger charge is 2.26. The molecule has 134 valence electrons. The number of thioether (sulfide) groups is 1. The number of para-hydroxylation sites is 1. The van der Waals surface area contributed by atoms with Crippen LogP contribution in [-0.2, 0) is 14.4 Å². The Morgan fingerprint density at radius 2 is 1.84 bits per heavy atom. The van der Waals surface area contributed by atoms with Crippen LogP contribution in [0.5, 0.6) is 0 Å². The van der Waals surface area contributed by atoms with Gasteiger partial charge < -0.3 is 15.5 Å². The number of rotatable bonds is 6. The Morgan fingerprint density at radius 1 is 1.12 bits per heavy atom. The third-order valence-corrected chi connectivity index (χ3v) is 5.63. The minimum atomic E-state index is -0.217. The van der Waals surface area contributed by atoms with E-state index < -0.39 is 0 Å². The van der Waals surface area contributed by atoms with Crippen LogP contribution in [0.4, 0.5) is 5.69 Å². The number of carbonyl (C=O) groups is 3. The molecule has 1 aliphatic carbocycles. The highest BCUT2D eigenvalue weighted by molar-refractivity contribution is 8.00. The van der Waals surface area contributed by atoms with Gasteiger partial charge in [0.15, 0.2) is 0 Å². The minimum Gasteiger partial charge on any atom is -0.354 e. The maximum absolute atomic E-state index is 12.1. The topological polar surface area (TPSA) is 78.5 Å². The molecule has 0 radical (unpaired) electrons. The zero-order chi connectivity index (χ0) is 17.6. The number of hydrogen-bond donors (Lipinski definition) is 2. The van der Waals surface area contributed by atoms with Gasteiger partial charge in [0.1, 0.15) is 6.54 Å². The summed E-state index contributed by atoms with van der Waals surface area (Å²) in [6, 6.07) is 7.60. The number of benzene rings is 1. The van der Waals surface area contributed by atoms with Crippen molar-refractivity contribution in [2.45, 2.75) is 30.6 Å².